The number of rotatable bonds is 8. The van der Waals surface area contributed by atoms with Gasteiger partial charge >= 0.3 is 6.03 Å². The number of urea groups is 1. The summed E-state index contributed by atoms with van der Waals surface area (Å²) in [5.74, 6) is 1.10. The number of aryl methyl sites for hydroxylation is 1. The van der Waals surface area contributed by atoms with E-state index in [4.69, 9.17) is 0 Å². The van der Waals surface area contributed by atoms with Crippen LogP contribution in [0.25, 0.3) is 11.2 Å². The third-order valence-electron chi connectivity index (χ3n) is 5.72. The fourth-order valence-corrected chi connectivity index (χ4v) is 3.93. The number of carbonyl (C=O) groups excluding carboxylic acids is 1. The Morgan fingerprint density at radius 1 is 0.969 bits per heavy atom. The van der Waals surface area contributed by atoms with Crippen LogP contribution in [0.2, 0.25) is 0 Å². The number of aliphatic hydroxyl groups is 1. The zero-order chi connectivity index (χ0) is 22.2. The number of nitrogens with one attached hydrogen (secondary N) is 3. The van der Waals surface area contributed by atoms with Crippen molar-refractivity contribution in [3.63, 3.8) is 0 Å². The number of nitrogens with zero attached hydrogens (tertiary/aromatic N) is 3. The van der Waals surface area contributed by atoms with Gasteiger partial charge in [-0.1, -0.05) is 30.3 Å². The Bertz CT molecular complexity index is 1020. The summed E-state index contributed by atoms with van der Waals surface area (Å²) in [6.07, 6.45) is 7.84. The Morgan fingerprint density at radius 2 is 1.75 bits per heavy atom. The summed E-state index contributed by atoms with van der Waals surface area (Å²) in [5.41, 5.74) is 2.46. The fraction of sp³-hybridized carbons (Fsp3) is 0.417. The van der Waals surface area contributed by atoms with Gasteiger partial charge in [-0.25, -0.2) is 19.7 Å². The number of carbonyl (C=O) groups is 1. The molecule has 1 aromatic carbocycles. The standard InChI is InChI=1S/C24H30N6O2/c31-19-11-9-18(10-12-19)27-22-16-26-20-13-14-21(28-23(20)29-22)30-24(32)25-15-5-4-8-17-6-2-1-3-7-17/h1-3,6-7,13-14,16,18-19,31H,4-5,8-12,15H2,(H3,25,27,28,29,30,32). The second-order valence-corrected chi connectivity index (χ2v) is 8.27. The van der Waals surface area contributed by atoms with Crippen LogP contribution in [-0.4, -0.2) is 44.8 Å². The van der Waals surface area contributed by atoms with Gasteiger partial charge in [0.2, 0.25) is 0 Å². The molecule has 3 aromatic rings. The minimum Gasteiger partial charge on any atom is -0.393 e. The summed E-state index contributed by atoms with van der Waals surface area (Å²) in [6.45, 7) is 0.607. The topological polar surface area (TPSA) is 112 Å². The van der Waals surface area contributed by atoms with E-state index in [-0.39, 0.29) is 18.2 Å². The first kappa shape index (κ1) is 22.0. The molecule has 0 radical (unpaired) electrons. The molecule has 0 spiro atoms. The van der Waals surface area contributed by atoms with Gasteiger partial charge < -0.3 is 15.7 Å². The number of pyridine rings is 1. The van der Waals surface area contributed by atoms with Crippen LogP contribution in [0.4, 0.5) is 16.4 Å². The monoisotopic (exact) mass is 434 g/mol. The summed E-state index contributed by atoms with van der Waals surface area (Å²) in [4.78, 5) is 25.6. The highest BCUT2D eigenvalue weighted by atomic mass is 16.3. The van der Waals surface area contributed by atoms with Crippen molar-refractivity contribution < 1.29 is 9.90 Å². The average molecular weight is 435 g/mol. The lowest BCUT2D eigenvalue weighted by atomic mass is 9.93. The van der Waals surface area contributed by atoms with Gasteiger partial charge in [0.15, 0.2) is 5.65 Å². The van der Waals surface area contributed by atoms with Crippen molar-refractivity contribution >= 4 is 28.8 Å². The number of anilines is 2. The number of amides is 2. The molecule has 1 saturated carbocycles. The van der Waals surface area contributed by atoms with Crippen LogP contribution in [0, 0.1) is 0 Å². The van der Waals surface area contributed by atoms with E-state index in [1.807, 2.05) is 18.2 Å². The first-order chi connectivity index (χ1) is 15.7. The largest absolute Gasteiger partial charge is 0.393 e. The van der Waals surface area contributed by atoms with Crippen molar-refractivity contribution in [1.29, 1.82) is 0 Å². The SMILES string of the molecule is O=C(NCCCCc1ccccc1)Nc1ccc2ncc(NC3CCC(O)CC3)nc2n1. The van der Waals surface area contributed by atoms with Gasteiger partial charge in [0, 0.05) is 12.6 Å². The Morgan fingerprint density at radius 3 is 2.56 bits per heavy atom. The Hall–Kier alpha value is -3.26. The van der Waals surface area contributed by atoms with E-state index in [0.717, 1.165) is 44.9 Å². The second-order valence-electron chi connectivity index (χ2n) is 8.27. The Balaban J connectivity index is 1.25. The number of hydrogen-bond donors (Lipinski definition) is 4. The lowest BCUT2D eigenvalue weighted by molar-refractivity contribution is 0.126. The molecule has 0 bridgehead atoms. The number of fused-ring (bicyclic) bond motifs is 1. The van der Waals surface area contributed by atoms with Crippen molar-refractivity contribution in [2.45, 2.75) is 57.1 Å². The molecule has 4 N–H and O–H groups in total. The Labute approximate surface area is 187 Å². The molecule has 4 rings (SSSR count). The molecular weight excluding hydrogens is 404 g/mol. The van der Waals surface area contributed by atoms with Crippen molar-refractivity contribution in [1.82, 2.24) is 20.3 Å². The molecule has 0 atom stereocenters. The molecule has 0 unspecified atom stereocenters. The van der Waals surface area contributed by atoms with Crippen LogP contribution in [0.3, 0.4) is 0 Å². The van der Waals surface area contributed by atoms with E-state index in [1.54, 1.807) is 18.3 Å². The third-order valence-corrected chi connectivity index (χ3v) is 5.72. The normalized spacial score (nSPS) is 18.3. The van der Waals surface area contributed by atoms with Crippen LogP contribution in [0.5, 0.6) is 0 Å². The van der Waals surface area contributed by atoms with Gasteiger partial charge in [-0.15, -0.1) is 0 Å². The van der Waals surface area contributed by atoms with Gasteiger partial charge in [-0.2, -0.15) is 0 Å². The number of aromatic nitrogens is 3. The van der Waals surface area contributed by atoms with E-state index in [0.29, 0.717) is 29.3 Å². The maximum absolute atomic E-state index is 12.2. The van der Waals surface area contributed by atoms with E-state index in [9.17, 15) is 9.90 Å². The third kappa shape index (κ3) is 6.37. The summed E-state index contributed by atoms with van der Waals surface area (Å²) in [6, 6.07) is 13.9. The molecule has 8 heteroatoms. The van der Waals surface area contributed by atoms with E-state index in [2.05, 4.69) is 43.0 Å². The second kappa shape index (κ2) is 10.9. The van der Waals surface area contributed by atoms with Crippen LogP contribution in [-0.2, 0) is 6.42 Å². The molecule has 0 saturated heterocycles. The molecule has 2 heterocycles. The fourth-order valence-electron chi connectivity index (χ4n) is 3.93. The number of unbranched alkanes of at least 4 members (excludes halogenated alkanes) is 1. The lowest BCUT2D eigenvalue weighted by Gasteiger charge is -2.26. The number of benzene rings is 1. The highest BCUT2D eigenvalue weighted by Gasteiger charge is 2.19. The predicted molar refractivity (Wildman–Crippen MR) is 126 cm³/mol. The van der Waals surface area contributed by atoms with Gasteiger partial charge in [-0.3, -0.25) is 5.32 Å². The maximum Gasteiger partial charge on any atom is 0.320 e. The molecule has 32 heavy (non-hydrogen) atoms. The van der Waals surface area contributed by atoms with Crippen LogP contribution in [0.1, 0.15) is 44.1 Å². The van der Waals surface area contributed by atoms with Gasteiger partial charge in [0.05, 0.1) is 12.3 Å². The Kier molecular flexibility index (Phi) is 7.45. The summed E-state index contributed by atoms with van der Waals surface area (Å²) >= 11 is 0. The summed E-state index contributed by atoms with van der Waals surface area (Å²) < 4.78 is 0. The lowest BCUT2D eigenvalue weighted by Crippen LogP contribution is -2.30. The molecule has 1 fully saturated rings. The van der Waals surface area contributed by atoms with E-state index in [1.165, 1.54) is 5.56 Å². The van der Waals surface area contributed by atoms with Crippen LogP contribution < -0.4 is 16.0 Å². The average Bonchev–Trinajstić information content (AvgIpc) is 2.81. The molecule has 168 valence electrons. The predicted octanol–water partition coefficient (Wildman–Crippen LogP) is 3.88. The highest BCUT2D eigenvalue weighted by Crippen LogP contribution is 2.22. The first-order valence-corrected chi connectivity index (χ1v) is 11.3. The molecule has 2 aromatic heterocycles. The quantitative estimate of drug-likeness (QED) is 0.400. The zero-order valence-corrected chi connectivity index (χ0v) is 18.1. The molecule has 8 nitrogen and oxygen atoms in total. The van der Waals surface area contributed by atoms with Crippen molar-refractivity contribution in [3.8, 4) is 0 Å². The molecule has 1 aliphatic rings. The molecular formula is C24H30N6O2. The smallest absolute Gasteiger partial charge is 0.320 e. The zero-order valence-electron chi connectivity index (χ0n) is 18.1. The number of aliphatic hydroxyl groups excluding tert-OH is 1. The van der Waals surface area contributed by atoms with Crippen molar-refractivity contribution in [2.24, 2.45) is 0 Å². The highest BCUT2D eigenvalue weighted by molar-refractivity contribution is 5.89. The minimum atomic E-state index is -0.278. The first-order valence-electron chi connectivity index (χ1n) is 11.3. The maximum atomic E-state index is 12.2. The van der Waals surface area contributed by atoms with Gasteiger partial charge in [0.1, 0.15) is 17.2 Å². The van der Waals surface area contributed by atoms with E-state index >= 15 is 0 Å². The van der Waals surface area contributed by atoms with Crippen LogP contribution >= 0.6 is 0 Å². The van der Waals surface area contributed by atoms with Crippen LogP contribution in [0.15, 0.2) is 48.7 Å². The van der Waals surface area contributed by atoms with Gasteiger partial charge in [-0.05, 0) is 62.6 Å². The van der Waals surface area contributed by atoms with Crippen molar-refractivity contribution in [3.05, 3.63) is 54.2 Å². The summed E-state index contributed by atoms with van der Waals surface area (Å²) in [7, 11) is 0. The van der Waals surface area contributed by atoms with Gasteiger partial charge in [0.25, 0.3) is 0 Å². The molecule has 1 aliphatic carbocycles. The minimum absolute atomic E-state index is 0.193. The molecule has 0 aliphatic heterocycles. The number of hydrogen-bond acceptors (Lipinski definition) is 6. The van der Waals surface area contributed by atoms with Crippen molar-refractivity contribution in [2.75, 3.05) is 17.2 Å². The van der Waals surface area contributed by atoms with E-state index < -0.39 is 0 Å². The summed E-state index contributed by atoms with van der Waals surface area (Å²) in [5, 5.41) is 18.7. The molecule has 2 amide bonds.